The Kier molecular flexibility index (Phi) is 2.68. The summed E-state index contributed by atoms with van der Waals surface area (Å²) < 4.78 is 0. The lowest BCUT2D eigenvalue weighted by atomic mass is 9.91. The molecule has 0 saturated heterocycles. The molecule has 0 aliphatic heterocycles. The van der Waals surface area contributed by atoms with Crippen LogP contribution in [0.1, 0.15) is 25.7 Å². The van der Waals surface area contributed by atoms with Crippen molar-refractivity contribution in [3.8, 4) is 0 Å². The maximum Gasteiger partial charge on any atom is 0.0285 e. The highest BCUT2D eigenvalue weighted by Gasteiger charge is 2.11. The fraction of sp³-hybridized carbons (Fsp3) is 0.714. The van der Waals surface area contributed by atoms with Crippen LogP contribution < -0.4 is 0 Å². The Labute approximate surface area is 56.2 Å². The smallest absolute Gasteiger partial charge is 0.0285 e. The summed E-state index contributed by atoms with van der Waals surface area (Å²) in [5.41, 5.74) is 0. The van der Waals surface area contributed by atoms with Crippen molar-refractivity contribution in [1.82, 2.24) is 0 Å². The van der Waals surface area contributed by atoms with E-state index in [2.05, 4.69) is 6.42 Å². The minimum absolute atomic E-state index is 0.786. The molecule has 0 aromatic carbocycles. The van der Waals surface area contributed by atoms with Crippen LogP contribution in [0.3, 0.4) is 0 Å². The van der Waals surface area contributed by atoms with Gasteiger partial charge in [-0.05, 0) is 38.0 Å². The zero-order chi connectivity index (χ0) is 5.82. The van der Waals surface area contributed by atoms with Crippen molar-refractivity contribution < 1.29 is 0 Å². The van der Waals surface area contributed by atoms with E-state index in [0.29, 0.717) is 0 Å². The summed E-state index contributed by atoms with van der Waals surface area (Å²) in [7, 11) is 0. The molecular formula is C7H11Cl. The Morgan fingerprint density at radius 3 is 2.38 bits per heavy atom. The molecule has 1 aliphatic rings. The molecule has 0 aromatic heterocycles. The van der Waals surface area contributed by atoms with E-state index in [1.54, 1.807) is 0 Å². The molecule has 0 heterocycles. The van der Waals surface area contributed by atoms with E-state index in [-0.39, 0.29) is 0 Å². The standard InChI is InChI=1S/C7H11Cl/c8-6-7-4-2-1-3-5-7/h1H,2-6H2. The number of halogens is 1. The monoisotopic (exact) mass is 130 g/mol. The summed E-state index contributed by atoms with van der Waals surface area (Å²) in [5.74, 6) is 2.32. The van der Waals surface area contributed by atoms with E-state index in [1.807, 2.05) is 0 Å². The normalized spacial score (nSPS) is 23.6. The van der Waals surface area contributed by atoms with E-state index >= 15 is 0 Å². The van der Waals surface area contributed by atoms with Crippen LogP contribution in [0.15, 0.2) is 0 Å². The van der Waals surface area contributed by atoms with Gasteiger partial charge in [0.15, 0.2) is 0 Å². The second kappa shape index (κ2) is 3.34. The van der Waals surface area contributed by atoms with Crippen LogP contribution >= 0.6 is 11.6 Å². The second-order valence-corrected chi connectivity index (χ2v) is 2.52. The van der Waals surface area contributed by atoms with Gasteiger partial charge in [-0.3, -0.25) is 0 Å². The van der Waals surface area contributed by atoms with Gasteiger partial charge in [-0.15, -0.1) is 11.6 Å². The quantitative estimate of drug-likeness (QED) is 0.479. The van der Waals surface area contributed by atoms with E-state index in [9.17, 15) is 0 Å². The largest absolute Gasteiger partial charge is 0.126 e. The third kappa shape index (κ3) is 1.66. The Morgan fingerprint density at radius 2 is 2.00 bits per heavy atom. The lowest BCUT2D eigenvalue weighted by Crippen LogP contribution is -2.04. The Bertz CT molecular complexity index is 55.4. The number of hydrogen-bond acceptors (Lipinski definition) is 0. The molecule has 0 nitrogen and oxygen atoms in total. The molecule has 46 valence electrons. The fourth-order valence-corrected chi connectivity index (χ4v) is 1.28. The van der Waals surface area contributed by atoms with E-state index < -0.39 is 0 Å². The molecule has 0 amide bonds. The lowest BCUT2D eigenvalue weighted by molar-refractivity contribution is 0.637. The van der Waals surface area contributed by atoms with Crippen LogP contribution in [0.25, 0.3) is 0 Å². The first kappa shape index (κ1) is 6.41. The average molecular weight is 131 g/mol. The van der Waals surface area contributed by atoms with Gasteiger partial charge in [0.2, 0.25) is 0 Å². The van der Waals surface area contributed by atoms with Crippen molar-refractivity contribution in [3.63, 3.8) is 0 Å². The summed E-state index contributed by atoms with van der Waals surface area (Å²) in [6.45, 7) is 0. The molecule has 0 unspecified atom stereocenters. The van der Waals surface area contributed by atoms with E-state index in [0.717, 1.165) is 5.88 Å². The second-order valence-electron chi connectivity index (χ2n) is 2.25. The molecule has 0 N–H and O–H groups in total. The van der Waals surface area contributed by atoms with Gasteiger partial charge in [-0.1, -0.05) is 0 Å². The van der Waals surface area contributed by atoms with Gasteiger partial charge in [0.25, 0.3) is 0 Å². The zero-order valence-electron chi connectivity index (χ0n) is 4.99. The van der Waals surface area contributed by atoms with Gasteiger partial charge < -0.3 is 0 Å². The van der Waals surface area contributed by atoms with Crippen LogP contribution in [-0.4, -0.2) is 5.88 Å². The first-order valence-electron chi connectivity index (χ1n) is 3.14. The summed E-state index contributed by atoms with van der Waals surface area (Å²) in [6, 6.07) is 0. The molecule has 0 bridgehead atoms. The number of rotatable bonds is 1. The predicted molar refractivity (Wildman–Crippen MR) is 36.7 cm³/mol. The Hall–Kier alpha value is 0.290. The molecule has 2 radical (unpaired) electrons. The van der Waals surface area contributed by atoms with Gasteiger partial charge in [0.05, 0.1) is 0 Å². The third-order valence-electron chi connectivity index (χ3n) is 1.59. The van der Waals surface area contributed by atoms with Crippen LogP contribution in [-0.2, 0) is 0 Å². The summed E-state index contributed by atoms with van der Waals surface area (Å²) in [5, 5.41) is 0. The zero-order valence-corrected chi connectivity index (χ0v) is 5.75. The van der Waals surface area contributed by atoms with Crippen LogP contribution in [0.5, 0.6) is 0 Å². The first-order valence-corrected chi connectivity index (χ1v) is 3.68. The van der Waals surface area contributed by atoms with E-state index in [4.69, 9.17) is 11.6 Å². The van der Waals surface area contributed by atoms with Gasteiger partial charge in [0, 0.05) is 5.88 Å². The van der Waals surface area contributed by atoms with Gasteiger partial charge in [0.1, 0.15) is 0 Å². The predicted octanol–water partition coefficient (Wildman–Crippen LogP) is 2.58. The molecule has 1 fully saturated rings. The highest BCUT2D eigenvalue weighted by Crippen LogP contribution is 2.25. The highest BCUT2D eigenvalue weighted by atomic mass is 35.5. The van der Waals surface area contributed by atoms with Crippen molar-refractivity contribution in [1.29, 1.82) is 0 Å². The molecule has 1 saturated carbocycles. The lowest BCUT2D eigenvalue weighted by Gasteiger charge is -2.17. The fourth-order valence-electron chi connectivity index (χ4n) is 1.02. The van der Waals surface area contributed by atoms with Crippen LogP contribution in [0.2, 0.25) is 0 Å². The molecule has 8 heavy (non-hydrogen) atoms. The molecule has 1 rings (SSSR count). The molecule has 1 heteroatoms. The van der Waals surface area contributed by atoms with Gasteiger partial charge >= 0.3 is 0 Å². The maximum absolute atomic E-state index is 5.63. The van der Waals surface area contributed by atoms with Crippen LogP contribution in [0.4, 0.5) is 0 Å². The summed E-state index contributed by atoms with van der Waals surface area (Å²) in [4.78, 5) is 0. The number of alkyl halides is 1. The van der Waals surface area contributed by atoms with Gasteiger partial charge in [-0.2, -0.15) is 0 Å². The third-order valence-corrected chi connectivity index (χ3v) is 1.97. The van der Waals surface area contributed by atoms with Crippen molar-refractivity contribution in [2.75, 3.05) is 5.88 Å². The maximum atomic E-state index is 5.63. The SMILES string of the molecule is ClC[C]1CC[CH]CC1. The van der Waals surface area contributed by atoms with Crippen molar-refractivity contribution in [2.24, 2.45) is 0 Å². The average Bonchev–Trinajstić information content (AvgIpc) is 1.90. The molecular weight excluding hydrogens is 120 g/mol. The Balaban J connectivity index is 2.13. The topological polar surface area (TPSA) is 0 Å². The highest BCUT2D eigenvalue weighted by molar-refractivity contribution is 6.19. The molecule has 0 spiro atoms. The number of hydrogen-bond donors (Lipinski definition) is 0. The summed E-state index contributed by atoms with van der Waals surface area (Å²) >= 11 is 5.63. The summed E-state index contributed by atoms with van der Waals surface area (Å²) in [6.07, 6.45) is 7.33. The van der Waals surface area contributed by atoms with Crippen molar-refractivity contribution in [2.45, 2.75) is 25.7 Å². The Morgan fingerprint density at radius 1 is 1.38 bits per heavy atom. The minimum atomic E-state index is 0.786. The molecule has 0 aromatic rings. The van der Waals surface area contributed by atoms with Crippen molar-refractivity contribution >= 4 is 11.6 Å². The molecule has 1 aliphatic carbocycles. The van der Waals surface area contributed by atoms with Crippen LogP contribution in [0, 0.1) is 12.3 Å². The first-order chi connectivity index (χ1) is 3.93. The van der Waals surface area contributed by atoms with Gasteiger partial charge in [-0.25, -0.2) is 0 Å². The minimum Gasteiger partial charge on any atom is -0.126 e. The van der Waals surface area contributed by atoms with Crippen molar-refractivity contribution in [3.05, 3.63) is 12.3 Å². The van der Waals surface area contributed by atoms with E-state index in [1.165, 1.54) is 31.6 Å². The molecule has 0 atom stereocenters.